The molecular formula is C15H21NO2. The van der Waals surface area contributed by atoms with Crippen molar-refractivity contribution in [3.05, 3.63) is 29.8 Å². The lowest BCUT2D eigenvalue weighted by molar-refractivity contribution is 0.144. The van der Waals surface area contributed by atoms with E-state index >= 15 is 0 Å². The van der Waals surface area contributed by atoms with Crippen LogP contribution in [0.1, 0.15) is 18.9 Å². The summed E-state index contributed by atoms with van der Waals surface area (Å²) in [4.78, 5) is 0. The summed E-state index contributed by atoms with van der Waals surface area (Å²) in [5.74, 6) is 3.26. The SMILES string of the molecule is C#CCOc1ccc(CNCCCOCC)cc1. The molecule has 0 unspecified atom stereocenters. The van der Waals surface area contributed by atoms with Crippen LogP contribution in [-0.2, 0) is 11.3 Å². The highest BCUT2D eigenvalue weighted by atomic mass is 16.5. The molecule has 0 radical (unpaired) electrons. The molecule has 3 heteroatoms. The van der Waals surface area contributed by atoms with Gasteiger partial charge in [-0.2, -0.15) is 0 Å². The molecule has 1 rings (SSSR count). The molecule has 0 aliphatic heterocycles. The lowest BCUT2D eigenvalue weighted by Crippen LogP contribution is -2.16. The van der Waals surface area contributed by atoms with Gasteiger partial charge in [0.25, 0.3) is 0 Å². The Balaban J connectivity index is 2.17. The molecule has 98 valence electrons. The normalized spacial score (nSPS) is 10.0. The van der Waals surface area contributed by atoms with Gasteiger partial charge in [-0.25, -0.2) is 0 Å². The van der Waals surface area contributed by atoms with Crippen LogP contribution >= 0.6 is 0 Å². The predicted molar refractivity (Wildman–Crippen MR) is 73.6 cm³/mol. The summed E-state index contributed by atoms with van der Waals surface area (Å²) in [5.41, 5.74) is 1.24. The maximum absolute atomic E-state index is 5.31. The number of terminal acetylenes is 1. The molecule has 3 nitrogen and oxygen atoms in total. The Morgan fingerprint density at radius 1 is 1.28 bits per heavy atom. The quantitative estimate of drug-likeness (QED) is 0.536. The molecule has 0 saturated carbocycles. The molecule has 1 aromatic rings. The molecular weight excluding hydrogens is 226 g/mol. The second-order valence-corrected chi connectivity index (χ2v) is 3.86. The van der Waals surface area contributed by atoms with Crippen molar-refractivity contribution in [3.8, 4) is 18.1 Å². The zero-order valence-corrected chi connectivity index (χ0v) is 10.9. The largest absolute Gasteiger partial charge is 0.481 e. The van der Waals surface area contributed by atoms with E-state index in [-0.39, 0.29) is 0 Å². The van der Waals surface area contributed by atoms with Gasteiger partial charge in [0.1, 0.15) is 12.4 Å². The third kappa shape index (κ3) is 6.29. The average Bonchev–Trinajstić information content (AvgIpc) is 2.42. The average molecular weight is 247 g/mol. The predicted octanol–water partition coefficient (Wildman–Crippen LogP) is 2.21. The first kappa shape index (κ1) is 14.6. The van der Waals surface area contributed by atoms with Crippen LogP contribution in [0.5, 0.6) is 5.75 Å². The number of hydrogen-bond donors (Lipinski definition) is 1. The van der Waals surface area contributed by atoms with Gasteiger partial charge in [-0.1, -0.05) is 18.1 Å². The molecule has 0 spiro atoms. The molecule has 18 heavy (non-hydrogen) atoms. The van der Waals surface area contributed by atoms with Crippen LogP contribution in [0.3, 0.4) is 0 Å². The Kier molecular flexibility index (Phi) is 7.70. The first-order valence-corrected chi connectivity index (χ1v) is 6.30. The second-order valence-electron chi connectivity index (χ2n) is 3.86. The van der Waals surface area contributed by atoms with Crippen LogP contribution < -0.4 is 10.1 Å². The topological polar surface area (TPSA) is 30.5 Å². The van der Waals surface area contributed by atoms with E-state index in [1.54, 1.807) is 0 Å². The maximum Gasteiger partial charge on any atom is 0.148 e. The van der Waals surface area contributed by atoms with Crippen molar-refractivity contribution in [2.24, 2.45) is 0 Å². The molecule has 0 aromatic heterocycles. The van der Waals surface area contributed by atoms with Crippen LogP contribution in [0.4, 0.5) is 0 Å². The third-order valence-electron chi connectivity index (χ3n) is 2.42. The Morgan fingerprint density at radius 3 is 2.72 bits per heavy atom. The van der Waals surface area contributed by atoms with Crippen molar-refractivity contribution in [2.75, 3.05) is 26.4 Å². The minimum atomic E-state index is 0.315. The Bertz CT molecular complexity index is 354. The highest BCUT2D eigenvalue weighted by Crippen LogP contribution is 2.11. The van der Waals surface area contributed by atoms with E-state index in [2.05, 4.69) is 11.2 Å². The maximum atomic E-state index is 5.31. The van der Waals surface area contributed by atoms with Crippen molar-refractivity contribution < 1.29 is 9.47 Å². The fourth-order valence-electron chi connectivity index (χ4n) is 1.50. The number of benzene rings is 1. The summed E-state index contributed by atoms with van der Waals surface area (Å²) in [7, 11) is 0. The molecule has 0 bridgehead atoms. The van der Waals surface area contributed by atoms with Crippen molar-refractivity contribution >= 4 is 0 Å². The van der Waals surface area contributed by atoms with Gasteiger partial charge < -0.3 is 14.8 Å². The molecule has 1 N–H and O–H groups in total. The Morgan fingerprint density at radius 2 is 2.06 bits per heavy atom. The van der Waals surface area contributed by atoms with Crippen LogP contribution in [0.25, 0.3) is 0 Å². The second kappa shape index (κ2) is 9.52. The van der Waals surface area contributed by atoms with Gasteiger partial charge in [0.2, 0.25) is 0 Å². The van der Waals surface area contributed by atoms with Gasteiger partial charge in [0.15, 0.2) is 0 Å². The molecule has 0 atom stereocenters. The van der Waals surface area contributed by atoms with Crippen molar-refractivity contribution in [3.63, 3.8) is 0 Å². The van der Waals surface area contributed by atoms with E-state index in [1.165, 1.54) is 5.56 Å². The van der Waals surface area contributed by atoms with Gasteiger partial charge in [0, 0.05) is 19.8 Å². The van der Waals surface area contributed by atoms with Gasteiger partial charge in [0.05, 0.1) is 0 Å². The van der Waals surface area contributed by atoms with Crippen molar-refractivity contribution in [1.29, 1.82) is 0 Å². The fraction of sp³-hybridized carbons (Fsp3) is 0.467. The van der Waals surface area contributed by atoms with E-state index in [0.29, 0.717) is 6.61 Å². The fourth-order valence-corrected chi connectivity index (χ4v) is 1.50. The molecule has 0 aliphatic carbocycles. The highest BCUT2D eigenvalue weighted by molar-refractivity contribution is 5.27. The summed E-state index contributed by atoms with van der Waals surface area (Å²) in [6, 6.07) is 7.96. The van der Waals surface area contributed by atoms with E-state index < -0.39 is 0 Å². The monoisotopic (exact) mass is 247 g/mol. The highest BCUT2D eigenvalue weighted by Gasteiger charge is 1.95. The summed E-state index contributed by atoms with van der Waals surface area (Å²) >= 11 is 0. The van der Waals surface area contributed by atoms with Gasteiger partial charge >= 0.3 is 0 Å². The van der Waals surface area contributed by atoms with Crippen LogP contribution in [0.15, 0.2) is 24.3 Å². The van der Waals surface area contributed by atoms with E-state index in [1.807, 2.05) is 31.2 Å². The first-order valence-electron chi connectivity index (χ1n) is 6.30. The number of hydrogen-bond acceptors (Lipinski definition) is 3. The zero-order chi connectivity index (χ0) is 13.1. The summed E-state index contributed by atoms with van der Waals surface area (Å²) in [5, 5.41) is 3.37. The zero-order valence-electron chi connectivity index (χ0n) is 10.9. The summed E-state index contributed by atoms with van der Waals surface area (Å²) in [6.45, 7) is 5.77. The first-order chi connectivity index (χ1) is 8.86. The number of nitrogens with one attached hydrogen (secondary N) is 1. The van der Waals surface area contributed by atoms with E-state index in [9.17, 15) is 0 Å². The Labute approximate surface area is 109 Å². The minimum absolute atomic E-state index is 0.315. The number of ether oxygens (including phenoxy) is 2. The molecule has 0 heterocycles. The van der Waals surface area contributed by atoms with Crippen LogP contribution in [0.2, 0.25) is 0 Å². The third-order valence-corrected chi connectivity index (χ3v) is 2.42. The standard InChI is InChI=1S/C15H21NO2/c1-3-11-18-15-8-6-14(7-9-15)13-16-10-5-12-17-4-2/h1,6-9,16H,4-5,10-13H2,2H3. The van der Waals surface area contributed by atoms with Crippen LogP contribution in [-0.4, -0.2) is 26.4 Å². The summed E-state index contributed by atoms with van der Waals surface area (Å²) < 4.78 is 10.6. The number of rotatable bonds is 9. The van der Waals surface area contributed by atoms with Crippen molar-refractivity contribution in [2.45, 2.75) is 19.9 Å². The molecule has 0 fully saturated rings. The Hall–Kier alpha value is -1.50. The molecule has 0 aliphatic rings. The van der Waals surface area contributed by atoms with Gasteiger partial charge in [-0.15, -0.1) is 6.42 Å². The molecule has 0 amide bonds. The van der Waals surface area contributed by atoms with E-state index in [0.717, 1.165) is 38.5 Å². The minimum Gasteiger partial charge on any atom is -0.481 e. The lowest BCUT2D eigenvalue weighted by atomic mass is 10.2. The van der Waals surface area contributed by atoms with Gasteiger partial charge in [-0.3, -0.25) is 0 Å². The molecule has 0 saturated heterocycles. The van der Waals surface area contributed by atoms with Crippen molar-refractivity contribution in [1.82, 2.24) is 5.32 Å². The van der Waals surface area contributed by atoms with Gasteiger partial charge in [-0.05, 0) is 37.6 Å². The van der Waals surface area contributed by atoms with E-state index in [4.69, 9.17) is 15.9 Å². The smallest absolute Gasteiger partial charge is 0.148 e. The van der Waals surface area contributed by atoms with Crippen LogP contribution in [0, 0.1) is 12.3 Å². The lowest BCUT2D eigenvalue weighted by Gasteiger charge is -2.06. The summed E-state index contributed by atoms with van der Waals surface area (Å²) in [6.07, 6.45) is 6.17. The molecule has 1 aromatic carbocycles.